The molecule has 34 heavy (non-hydrogen) atoms. The monoisotopic (exact) mass is 478 g/mol. The minimum Gasteiger partial charge on any atom is -0.867 e. The lowest BCUT2D eigenvalue weighted by Crippen LogP contribution is -2.40. The van der Waals surface area contributed by atoms with E-state index in [1.807, 2.05) is 42.5 Å². The Kier molecular flexibility index (Phi) is 7.10. The zero-order chi connectivity index (χ0) is 24.1. The van der Waals surface area contributed by atoms with Crippen LogP contribution in [0.2, 0.25) is 0 Å². The van der Waals surface area contributed by atoms with Gasteiger partial charge in [-0.25, -0.2) is 0 Å². The van der Waals surface area contributed by atoms with Crippen LogP contribution in [0.4, 0.5) is 14.5 Å². The normalized spacial score (nSPS) is 11.9. The number of nitrogens with zero attached hydrogens (tertiary/aromatic N) is 1. The summed E-state index contributed by atoms with van der Waals surface area (Å²) < 4.78 is 30.9. The molecule has 3 aromatic carbocycles. The zero-order valence-corrected chi connectivity index (χ0v) is 18.6. The van der Waals surface area contributed by atoms with E-state index in [0.717, 1.165) is 16.5 Å². The number of benzene rings is 3. The van der Waals surface area contributed by atoms with Gasteiger partial charge < -0.3 is 20.3 Å². The number of fused-ring (bicyclic) bond motifs is 1. The SMILES string of the molecule is [O-]/C(=C(\C(=S)Nc1cccc2ccccc12)[n+]1cccc(CO)c1)c1ccc(OC(F)F)cc1. The molecule has 0 bridgehead atoms. The van der Waals surface area contributed by atoms with Gasteiger partial charge in [0.15, 0.2) is 17.4 Å². The first-order valence-corrected chi connectivity index (χ1v) is 10.7. The molecule has 0 saturated carbocycles. The lowest BCUT2D eigenvalue weighted by atomic mass is 10.1. The van der Waals surface area contributed by atoms with Gasteiger partial charge in [0.05, 0.1) is 6.61 Å². The highest BCUT2D eigenvalue weighted by atomic mass is 32.1. The molecule has 0 atom stereocenters. The Labute approximate surface area is 200 Å². The molecular weight excluding hydrogens is 458 g/mol. The van der Waals surface area contributed by atoms with Crippen LogP contribution in [0.5, 0.6) is 5.75 Å². The van der Waals surface area contributed by atoms with E-state index >= 15 is 0 Å². The number of alkyl halides is 2. The van der Waals surface area contributed by atoms with Crippen molar-refractivity contribution in [1.29, 1.82) is 0 Å². The van der Waals surface area contributed by atoms with Crippen molar-refractivity contribution in [2.24, 2.45) is 0 Å². The molecule has 2 N–H and O–H groups in total. The molecule has 0 aliphatic carbocycles. The van der Waals surface area contributed by atoms with Crippen LogP contribution in [0.1, 0.15) is 11.1 Å². The van der Waals surface area contributed by atoms with E-state index in [4.69, 9.17) is 12.2 Å². The van der Waals surface area contributed by atoms with E-state index in [9.17, 15) is 19.0 Å². The molecular formula is C26H20F2N2O3S. The highest BCUT2D eigenvalue weighted by molar-refractivity contribution is 7.81. The number of hydrogen-bond donors (Lipinski definition) is 2. The number of pyridine rings is 1. The molecule has 0 unspecified atom stereocenters. The molecule has 0 amide bonds. The molecule has 172 valence electrons. The van der Waals surface area contributed by atoms with Gasteiger partial charge in [-0.15, -0.1) is 0 Å². The first kappa shape index (κ1) is 23.3. The van der Waals surface area contributed by atoms with Gasteiger partial charge in [-0.1, -0.05) is 60.7 Å². The summed E-state index contributed by atoms with van der Waals surface area (Å²) in [6, 6.07) is 22.3. The number of thiocarbonyl (C=S) groups is 1. The highest BCUT2D eigenvalue weighted by Gasteiger charge is 2.20. The lowest BCUT2D eigenvalue weighted by Gasteiger charge is -2.18. The molecule has 8 heteroatoms. The number of rotatable bonds is 7. The van der Waals surface area contributed by atoms with Gasteiger partial charge in [0.2, 0.25) is 5.70 Å². The molecule has 0 spiro atoms. The number of aliphatic hydroxyl groups is 1. The van der Waals surface area contributed by atoms with Crippen LogP contribution in [-0.2, 0) is 6.61 Å². The van der Waals surface area contributed by atoms with Crippen molar-refractivity contribution in [2.75, 3.05) is 5.32 Å². The molecule has 5 nitrogen and oxygen atoms in total. The summed E-state index contributed by atoms with van der Waals surface area (Å²) in [5.41, 5.74) is 1.69. The van der Waals surface area contributed by atoms with E-state index in [1.54, 1.807) is 24.5 Å². The van der Waals surface area contributed by atoms with E-state index in [0.29, 0.717) is 5.56 Å². The number of nitrogens with one attached hydrogen (secondary N) is 1. The molecule has 0 fully saturated rings. The smallest absolute Gasteiger partial charge is 0.387 e. The maximum atomic E-state index is 13.5. The summed E-state index contributed by atoms with van der Waals surface area (Å²) in [4.78, 5) is 0.161. The number of aliphatic hydroxyl groups excluding tert-OH is 1. The Balaban J connectivity index is 1.78. The lowest BCUT2D eigenvalue weighted by molar-refractivity contribution is -0.578. The zero-order valence-electron chi connectivity index (χ0n) is 17.8. The second-order valence-electron chi connectivity index (χ2n) is 7.34. The maximum absolute atomic E-state index is 13.5. The minimum absolute atomic E-state index is 0.0560. The van der Waals surface area contributed by atoms with Gasteiger partial charge in [0, 0.05) is 22.7 Å². The summed E-state index contributed by atoms with van der Waals surface area (Å²) in [5.74, 6) is -0.485. The number of halogens is 2. The molecule has 0 saturated heterocycles. The van der Waals surface area contributed by atoms with Crippen LogP contribution in [0.25, 0.3) is 22.2 Å². The van der Waals surface area contributed by atoms with Crippen molar-refractivity contribution in [2.45, 2.75) is 13.2 Å². The fraction of sp³-hybridized carbons (Fsp3) is 0.0769. The Bertz CT molecular complexity index is 1350. The van der Waals surface area contributed by atoms with Crippen molar-refractivity contribution in [3.8, 4) is 5.75 Å². The summed E-state index contributed by atoms with van der Waals surface area (Å²) in [7, 11) is 0. The van der Waals surface area contributed by atoms with Gasteiger partial charge in [-0.3, -0.25) is 0 Å². The molecule has 0 aliphatic heterocycles. The Hall–Kier alpha value is -3.88. The number of anilines is 1. The summed E-state index contributed by atoms with van der Waals surface area (Å²) in [5, 5.41) is 28.2. The maximum Gasteiger partial charge on any atom is 0.387 e. The van der Waals surface area contributed by atoms with Gasteiger partial charge in [-0.05, 0) is 41.0 Å². The van der Waals surface area contributed by atoms with Gasteiger partial charge in [0.1, 0.15) is 5.75 Å². The van der Waals surface area contributed by atoms with Crippen molar-refractivity contribution >= 4 is 45.1 Å². The third-order valence-corrected chi connectivity index (χ3v) is 5.41. The molecule has 4 rings (SSSR count). The van der Waals surface area contributed by atoms with Gasteiger partial charge >= 0.3 is 6.61 Å². The second-order valence-corrected chi connectivity index (χ2v) is 7.75. The number of aromatic nitrogens is 1. The molecule has 4 aromatic rings. The average molecular weight is 479 g/mol. The quantitative estimate of drug-likeness (QED) is 0.179. The first-order chi connectivity index (χ1) is 16.5. The predicted octanol–water partition coefficient (Wildman–Crippen LogP) is 4.35. The highest BCUT2D eigenvalue weighted by Crippen LogP contribution is 2.25. The standard InChI is InChI=1S/C26H20F2N2O3S/c27-26(28)33-20-12-10-19(11-13-20)24(32)23(30-14-4-5-17(15-30)16-31)25(34)29-22-9-3-7-18-6-1-2-8-21(18)22/h1-15,26,31H,16H2,(H-,29,32,34). The van der Waals surface area contributed by atoms with Crippen LogP contribution >= 0.6 is 12.2 Å². The fourth-order valence-electron chi connectivity index (χ4n) is 3.53. The van der Waals surface area contributed by atoms with E-state index < -0.39 is 12.4 Å². The minimum atomic E-state index is -2.96. The number of ether oxygens (including phenoxy) is 1. The van der Waals surface area contributed by atoms with Crippen molar-refractivity contribution in [3.05, 3.63) is 102 Å². The third-order valence-electron chi connectivity index (χ3n) is 5.11. The fourth-order valence-corrected chi connectivity index (χ4v) is 3.84. The van der Waals surface area contributed by atoms with Crippen LogP contribution < -0.4 is 19.7 Å². The van der Waals surface area contributed by atoms with Crippen LogP contribution in [0.15, 0.2) is 91.3 Å². The third kappa shape index (κ3) is 5.19. The molecule has 0 radical (unpaired) electrons. The number of hydrogen-bond acceptors (Lipinski definition) is 4. The van der Waals surface area contributed by atoms with E-state index in [2.05, 4.69) is 10.1 Å². The van der Waals surface area contributed by atoms with Crippen LogP contribution in [0.3, 0.4) is 0 Å². The van der Waals surface area contributed by atoms with Crippen molar-refractivity contribution < 1.29 is 28.3 Å². The van der Waals surface area contributed by atoms with Crippen molar-refractivity contribution in [1.82, 2.24) is 0 Å². The predicted molar refractivity (Wildman–Crippen MR) is 129 cm³/mol. The van der Waals surface area contributed by atoms with Crippen LogP contribution in [0, 0.1) is 0 Å². The second kappa shape index (κ2) is 10.4. The topological polar surface area (TPSA) is 68.4 Å². The van der Waals surface area contributed by atoms with Gasteiger partial charge in [0.25, 0.3) is 0 Å². The Morgan fingerprint density at radius 2 is 1.74 bits per heavy atom. The average Bonchev–Trinajstić information content (AvgIpc) is 2.84. The van der Waals surface area contributed by atoms with Crippen molar-refractivity contribution in [3.63, 3.8) is 0 Å². The molecule has 0 aliphatic rings. The summed E-state index contributed by atoms with van der Waals surface area (Å²) >= 11 is 5.66. The van der Waals surface area contributed by atoms with E-state index in [-0.39, 0.29) is 28.6 Å². The first-order valence-electron chi connectivity index (χ1n) is 10.3. The molecule has 1 heterocycles. The van der Waals surface area contributed by atoms with Gasteiger partial charge in [-0.2, -0.15) is 13.3 Å². The van der Waals surface area contributed by atoms with E-state index in [1.165, 1.54) is 28.8 Å². The summed E-state index contributed by atoms with van der Waals surface area (Å²) in [6.07, 6.45) is 3.26. The summed E-state index contributed by atoms with van der Waals surface area (Å²) in [6.45, 7) is -3.18. The Morgan fingerprint density at radius 3 is 2.47 bits per heavy atom. The largest absolute Gasteiger partial charge is 0.867 e. The Morgan fingerprint density at radius 1 is 1.00 bits per heavy atom. The van der Waals surface area contributed by atoms with Crippen LogP contribution in [-0.4, -0.2) is 16.7 Å². The molecule has 1 aromatic heterocycles.